The first kappa shape index (κ1) is 12.3. The van der Waals surface area contributed by atoms with Crippen molar-refractivity contribution in [2.75, 3.05) is 0 Å². The number of rotatable bonds is 3. The Morgan fingerprint density at radius 2 is 1.39 bits per heavy atom. The number of nitrogens with zero attached hydrogens (tertiary/aromatic N) is 1. The lowest BCUT2D eigenvalue weighted by Crippen LogP contribution is -2.04. The smallest absolute Gasteiger partial charge is 0.212 e. The second kappa shape index (κ2) is 5.00. The molecule has 0 saturated heterocycles. The van der Waals surface area contributed by atoms with Gasteiger partial charge in [0.2, 0.25) is 9.84 Å². The lowest BCUT2D eigenvalue weighted by molar-refractivity contribution is 0.606. The molecule has 0 aliphatic carbocycles. The van der Waals surface area contributed by atoms with E-state index in [1.807, 2.05) is 0 Å². The number of benzene rings is 2. The molecule has 0 aliphatic rings. The standard InChI is InChI=1S/C14H10NO2S/c15-11-14(12-7-3-1-4-8-12)18(16,17)13-9-5-2-6-10-13/h1-10H/q-1. The van der Waals surface area contributed by atoms with Crippen LogP contribution in [0.15, 0.2) is 65.6 Å². The third-order valence-corrected chi connectivity index (χ3v) is 4.22. The SMILES string of the molecule is [N-]=C=C(c1ccccc1)S(=O)(=O)c1ccccc1. The fourth-order valence-electron chi connectivity index (χ4n) is 1.59. The van der Waals surface area contributed by atoms with Gasteiger partial charge in [0.15, 0.2) is 0 Å². The molecule has 0 spiro atoms. The molecule has 3 nitrogen and oxygen atoms in total. The Hall–Kier alpha value is -2.16. The van der Waals surface area contributed by atoms with Gasteiger partial charge in [0.05, 0.1) is 9.80 Å². The minimum atomic E-state index is -3.75. The average Bonchev–Trinajstić information content (AvgIpc) is 2.41. The molecule has 90 valence electrons. The lowest BCUT2D eigenvalue weighted by Gasteiger charge is -2.08. The summed E-state index contributed by atoms with van der Waals surface area (Å²) in [6.07, 6.45) is 0. The van der Waals surface area contributed by atoms with E-state index in [9.17, 15) is 8.42 Å². The summed E-state index contributed by atoms with van der Waals surface area (Å²) in [7, 11) is -3.75. The molecule has 0 bridgehead atoms. The summed E-state index contributed by atoms with van der Waals surface area (Å²) >= 11 is 0. The zero-order chi connectivity index (χ0) is 13.0. The summed E-state index contributed by atoms with van der Waals surface area (Å²) in [6.45, 7) is 0. The number of sulfone groups is 1. The average molecular weight is 256 g/mol. The van der Waals surface area contributed by atoms with Crippen molar-refractivity contribution in [3.8, 4) is 0 Å². The predicted octanol–water partition coefficient (Wildman–Crippen LogP) is 2.74. The molecule has 0 heterocycles. The third kappa shape index (κ3) is 2.25. The number of hydrogen-bond donors (Lipinski definition) is 0. The topological polar surface area (TPSA) is 56.4 Å². The van der Waals surface area contributed by atoms with Gasteiger partial charge >= 0.3 is 0 Å². The van der Waals surface area contributed by atoms with Gasteiger partial charge in [0.25, 0.3) is 0 Å². The molecule has 0 atom stereocenters. The molecular formula is C14H10NO2S-. The van der Waals surface area contributed by atoms with Gasteiger partial charge < -0.3 is 5.41 Å². The molecule has 0 fully saturated rings. The molecule has 0 unspecified atom stereocenters. The van der Waals surface area contributed by atoms with E-state index in [0.29, 0.717) is 5.56 Å². The van der Waals surface area contributed by atoms with Crippen LogP contribution in [0.5, 0.6) is 0 Å². The summed E-state index contributed by atoms with van der Waals surface area (Å²) in [5, 5.41) is 9.11. The monoisotopic (exact) mass is 256 g/mol. The molecule has 0 amide bonds. The van der Waals surface area contributed by atoms with E-state index in [-0.39, 0.29) is 9.80 Å². The quantitative estimate of drug-likeness (QED) is 0.793. The minimum absolute atomic E-state index is 0.130. The van der Waals surface area contributed by atoms with Crippen LogP contribution in [0.4, 0.5) is 0 Å². The summed E-state index contributed by atoms with van der Waals surface area (Å²) < 4.78 is 24.6. The Bertz CT molecular complexity index is 685. The molecule has 0 radical (unpaired) electrons. The van der Waals surface area contributed by atoms with Crippen molar-refractivity contribution in [1.29, 1.82) is 0 Å². The van der Waals surface area contributed by atoms with Crippen LogP contribution < -0.4 is 0 Å². The first-order valence-electron chi connectivity index (χ1n) is 5.29. The van der Waals surface area contributed by atoms with Crippen LogP contribution in [0.2, 0.25) is 0 Å². The maximum atomic E-state index is 12.3. The molecule has 0 saturated carbocycles. The van der Waals surface area contributed by atoms with Crippen LogP contribution in [-0.4, -0.2) is 14.3 Å². The number of hydrogen-bond acceptors (Lipinski definition) is 2. The first-order valence-corrected chi connectivity index (χ1v) is 6.77. The van der Waals surface area contributed by atoms with Crippen LogP contribution >= 0.6 is 0 Å². The van der Waals surface area contributed by atoms with Crippen LogP contribution in [0.25, 0.3) is 10.3 Å². The van der Waals surface area contributed by atoms with Crippen molar-refractivity contribution < 1.29 is 8.42 Å². The minimum Gasteiger partial charge on any atom is -0.762 e. The predicted molar refractivity (Wildman–Crippen MR) is 71.8 cm³/mol. The molecule has 2 rings (SSSR count). The molecule has 0 N–H and O–H groups in total. The summed E-state index contributed by atoms with van der Waals surface area (Å²) in [4.78, 5) is -0.0975. The fraction of sp³-hybridized carbons (Fsp3) is 0. The van der Waals surface area contributed by atoms with E-state index >= 15 is 0 Å². The maximum absolute atomic E-state index is 12.3. The highest BCUT2D eigenvalue weighted by Crippen LogP contribution is 2.25. The highest BCUT2D eigenvalue weighted by atomic mass is 32.2. The third-order valence-electron chi connectivity index (χ3n) is 2.46. The Morgan fingerprint density at radius 3 is 1.89 bits per heavy atom. The van der Waals surface area contributed by atoms with Gasteiger partial charge in [0, 0.05) is 0 Å². The normalized spacial score (nSPS) is 10.7. The van der Waals surface area contributed by atoms with Crippen molar-refractivity contribution in [3.05, 3.63) is 71.6 Å². The van der Waals surface area contributed by atoms with Gasteiger partial charge in [-0.2, -0.15) is 0 Å². The maximum Gasteiger partial charge on any atom is 0.212 e. The van der Waals surface area contributed by atoms with Crippen molar-refractivity contribution in [2.24, 2.45) is 0 Å². The fourth-order valence-corrected chi connectivity index (χ4v) is 2.90. The Labute approximate surface area is 106 Å². The van der Waals surface area contributed by atoms with Crippen LogP contribution in [0.1, 0.15) is 5.56 Å². The van der Waals surface area contributed by atoms with E-state index in [4.69, 9.17) is 5.41 Å². The summed E-state index contributed by atoms with van der Waals surface area (Å²) in [5.41, 5.74) is 0.406. The van der Waals surface area contributed by atoms with Gasteiger partial charge in [-0.25, -0.2) is 14.3 Å². The van der Waals surface area contributed by atoms with Crippen molar-refractivity contribution in [1.82, 2.24) is 0 Å². The van der Waals surface area contributed by atoms with Crippen molar-refractivity contribution >= 4 is 20.6 Å². The lowest BCUT2D eigenvalue weighted by atomic mass is 10.2. The summed E-state index contributed by atoms with van der Waals surface area (Å²) in [5.74, 6) is 1.79. The van der Waals surface area contributed by atoms with E-state index in [1.165, 1.54) is 12.1 Å². The van der Waals surface area contributed by atoms with Gasteiger partial charge in [-0.3, -0.25) is 0 Å². The highest BCUT2D eigenvalue weighted by molar-refractivity contribution is 8.01. The van der Waals surface area contributed by atoms with E-state index in [0.717, 1.165) is 0 Å². The van der Waals surface area contributed by atoms with Crippen molar-refractivity contribution in [3.63, 3.8) is 0 Å². The molecular weight excluding hydrogens is 246 g/mol. The second-order valence-corrected chi connectivity index (χ2v) is 5.51. The Kier molecular flexibility index (Phi) is 3.42. The highest BCUT2D eigenvalue weighted by Gasteiger charge is 2.20. The van der Waals surface area contributed by atoms with Gasteiger partial charge in [-0.05, 0) is 17.7 Å². The molecule has 18 heavy (non-hydrogen) atoms. The first-order chi connectivity index (χ1) is 8.66. The van der Waals surface area contributed by atoms with Crippen LogP contribution in [0, 0.1) is 0 Å². The largest absolute Gasteiger partial charge is 0.762 e. The molecule has 0 aliphatic heterocycles. The zero-order valence-electron chi connectivity index (χ0n) is 9.45. The van der Waals surface area contributed by atoms with Crippen LogP contribution in [0.3, 0.4) is 0 Å². The van der Waals surface area contributed by atoms with E-state index in [2.05, 4.69) is 0 Å². The van der Waals surface area contributed by atoms with Crippen molar-refractivity contribution in [2.45, 2.75) is 4.90 Å². The Morgan fingerprint density at radius 1 is 0.889 bits per heavy atom. The van der Waals surface area contributed by atoms with E-state index < -0.39 is 9.84 Å². The Balaban J connectivity index is 2.58. The van der Waals surface area contributed by atoms with E-state index in [1.54, 1.807) is 54.4 Å². The second-order valence-electron chi connectivity index (χ2n) is 3.62. The van der Waals surface area contributed by atoms with Gasteiger partial charge in [-0.1, -0.05) is 48.5 Å². The summed E-state index contributed by atoms with van der Waals surface area (Å²) in [6, 6.07) is 16.4. The molecule has 2 aromatic carbocycles. The van der Waals surface area contributed by atoms with Gasteiger partial charge in [0.1, 0.15) is 0 Å². The molecule has 2 aromatic rings. The molecule has 4 heteroatoms. The zero-order valence-corrected chi connectivity index (χ0v) is 10.3. The molecule has 0 aromatic heterocycles. The van der Waals surface area contributed by atoms with Gasteiger partial charge in [-0.15, -0.1) is 0 Å². The van der Waals surface area contributed by atoms with Crippen LogP contribution in [-0.2, 0) is 9.84 Å².